The second kappa shape index (κ2) is 11.3. The van der Waals surface area contributed by atoms with E-state index in [2.05, 4.69) is 63.4 Å². The molecule has 4 atom stereocenters. The Morgan fingerprint density at radius 3 is 2.19 bits per heavy atom. The molecule has 6 rings (SSSR count). The van der Waals surface area contributed by atoms with Gasteiger partial charge < -0.3 is 19.1 Å². The molecule has 2 fully saturated rings. The summed E-state index contributed by atoms with van der Waals surface area (Å²) < 4.78 is 19.2. The van der Waals surface area contributed by atoms with Crippen molar-refractivity contribution in [3.8, 4) is 0 Å². The van der Waals surface area contributed by atoms with Crippen molar-refractivity contribution < 1.29 is 23.8 Å². The Hall–Kier alpha value is -4.02. The van der Waals surface area contributed by atoms with E-state index in [-0.39, 0.29) is 10.7 Å². The second-order valence-electron chi connectivity index (χ2n) is 10.7. The van der Waals surface area contributed by atoms with Gasteiger partial charge in [-0.1, -0.05) is 67.6 Å². The first kappa shape index (κ1) is 28.1. The molecule has 2 saturated heterocycles. The third-order valence-corrected chi connectivity index (χ3v) is 8.33. The highest BCUT2D eigenvalue weighted by atomic mass is 35.5. The Balaban J connectivity index is 1.40. The van der Waals surface area contributed by atoms with Crippen molar-refractivity contribution in [1.29, 1.82) is 0 Å². The summed E-state index contributed by atoms with van der Waals surface area (Å²) in [7, 11) is 0. The molecule has 218 valence electrons. The average Bonchev–Trinajstić information content (AvgIpc) is 3.70. The van der Waals surface area contributed by atoms with E-state index in [1.165, 1.54) is 25.0 Å². The van der Waals surface area contributed by atoms with Crippen LogP contribution < -0.4 is 4.90 Å². The molecule has 10 nitrogen and oxygen atoms in total. The van der Waals surface area contributed by atoms with Crippen LogP contribution in [0.3, 0.4) is 0 Å². The number of fused-ring (bicyclic) bond motifs is 1. The molecule has 0 radical (unpaired) electrons. The summed E-state index contributed by atoms with van der Waals surface area (Å²) in [5, 5.41) is 0.0572. The number of hydrogen-bond donors (Lipinski definition) is 0. The quantitative estimate of drug-likeness (QED) is 0.221. The number of carbonyl (C=O) groups is 2. The van der Waals surface area contributed by atoms with Gasteiger partial charge in [0.2, 0.25) is 5.28 Å². The maximum absolute atomic E-state index is 12.1. The van der Waals surface area contributed by atoms with Crippen molar-refractivity contribution in [2.75, 3.05) is 18.0 Å². The molecule has 42 heavy (non-hydrogen) atoms. The molecule has 0 spiro atoms. The lowest BCUT2D eigenvalue weighted by Gasteiger charge is -2.31. The molecular weight excluding hydrogens is 558 g/mol. The van der Waals surface area contributed by atoms with Crippen LogP contribution in [0, 0.1) is 0 Å². The maximum atomic E-state index is 12.1. The minimum Gasteiger partial charge on any atom is -0.456 e. The Morgan fingerprint density at radius 1 is 0.976 bits per heavy atom. The highest BCUT2D eigenvalue weighted by Crippen LogP contribution is 2.44. The number of anilines is 1. The predicted molar refractivity (Wildman–Crippen MR) is 156 cm³/mol. The molecule has 1 unspecified atom stereocenters. The van der Waals surface area contributed by atoms with Crippen LogP contribution in [0.5, 0.6) is 0 Å². The van der Waals surface area contributed by atoms with Gasteiger partial charge in [0.15, 0.2) is 35.4 Å². The fraction of sp³-hybridized carbons (Fsp3) is 0.387. The van der Waals surface area contributed by atoms with Crippen molar-refractivity contribution in [2.24, 2.45) is 0 Å². The fourth-order valence-corrected chi connectivity index (χ4v) is 6.50. The third kappa shape index (κ3) is 4.98. The number of imidazole rings is 1. The summed E-state index contributed by atoms with van der Waals surface area (Å²) >= 11 is 6.53. The molecule has 0 N–H and O–H groups in total. The summed E-state index contributed by atoms with van der Waals surface area (Å²) in [6.07, 6.45) is -0.0250. The van der Waals surface area contributed by atoms with Crippen LogP contribution in [-0.2, 0) is 29.2 Å². The van der Waals surface area contributed by atoms with E-state index < -0.39 is 36.5 Å². The molecule has 0 bridgehead atoms. The molecule has 0 aliphatic carbocycles. The van der Waals surface area contributed by atoms with Crippen molar-refractivity contribution in [3.63, 3.8) is 0 Å². The normalized spacial score (nSPS) is 23.3. The van der Waals surface area contributed by atoms with Gasteiger partial charge in [0.25, 0.3) is 0 Å². The maximum Gasteiger partial charge on any atom is 0.303 e. The van der Waals surface area contributed by atoms with Crippen LogP contribution in [0.2, 0.25) is 5.28 Å². The summed E-state index contributed by atoms with van der Waals surface area (Å²) in [6, 6.07) is 21.0. The van der Waals surface area contributed by atoms with Gasteiger partial charge in [0, 0.05) is 32.4 Å². The van der Waals surface area contributed by atoms with Crippen LogP contribution >= 0.6 is 11.6 Å². The number of nitrogens with zero attached hydrogens (tertiary/aromatic N) is 5. The number of esters is 2. The fourth-order valence-electron chi connectivity index (χ4n) is 6.34. The summed E-state index contributed by atoms with van der Waals surface area (Å²) in [6.45, 7) is 5.93. The molecule has 0 saturated carbocycles. The van der Waals surface area contributed by atoms with Gasteiger partial charge in [-0.25, -0.2) is 4.98 Å². The van der Waals surface area contributed by atoms with E-state index in [0.29, 0.717) is 29.9 Å². The van der Waals surface area contributed by atoms with Gasteiger partial charge >= 0.3 is 11.9 Å². The van der Waals surface area contributed by atoms with E-state index in [9.17, 15) is 9.59 Å². The van der Waals surface area contributed by atoms with Gasteiger partial charge in [-0.3, -0.25) is 14.2 Å². The molecule has 11 heteroatoms. The van der Waals surface area contributed by atoms with Gasteiger partial charge in [0.1, 0.15) is 6.10 Å². The van der Waals surface area contributed by atoms with Crippen LogP contribution in [0.15, 0.2) is 67.0 Å². The van der Waals surface area contributed by atoms with E-state index >= 15 is 0 Å². The number of carbonyl (C=O) groups excluding carboxylic acids is 2. The summed E-state index contributed by atoms with van der Waals surface area (Å²) in [4.78, 5) is 40.0. The van der Waals surface area contributed by atoms with Gasteiger partial charge in [-0.2, -0.15) is 9.97 Å². The second-order valence-corrected chi connectivity index (χ2v) is 11.1. The Morgan fingerprint density at radius 2 is 1.60 bits per heavy atom. The Labute approximate surface area is 248 Å². The zero-order chi connectivity index (χ0) is 29.4. The lowest BCUT2D eigenvalue weighted by atomic mass is 9.74. The monoisotopic (exact) mass is 589 g/mol. The molecule has 4 heterocycles. The van der Waals surface area contributed by atoms with E-state index in [4.69, 9.17) is 30.8 Å². The number of aromatic nitrogens is 4. The zero-order valence-corrected chi connectivity index (χ0v) is 24.4. The van der Waals surface area contributed by atoms with Gasteiger partial charge in [-0.15, -0.1) is 0 Å². The molecule has 2 aromatic heterocycles. The van der Waals surface area contributed by atoms with E-state index in [1.807, 2.05) is 19.1 Å². The van der Waals surface area contributed by atoms with Gasteiger partial charge in [0.05, 0.1) is 6.33 Å². The number of hydrogen-bond acceptors (Lipinski definition) is 9. The SMILES string of the molecule is CC[C@H]1O[C@@H](n2cnc3c(N4CCC(c5ccccc5)(c5ccccc5)C4)nc(Cl)nc32)C(OC(C)=O)[C@H]1OC(C)=O. The molecule has 2 aromatic carbocycles. The highest BCUT2D eigenvalue weighted by Gasteiger charge is 2.50. The van der Waals surface area contributed by atoms with Crippen molar-refractivity contribution >= 4 is 40.5 Å². The Kier molecular flexibility index (Phi) is 7.59. The summed E-state index contributed by atoms with van der Waals surface area (Å²) in [5.41, 5.74) is 3.18. The number of rotatable bonds is 7. The molecule has 0 amide bonds. The molecule has 4 aromatic rings. The largest absolute Gasteiger partial charge is 0.456 e. The van der Waals surface area contributed by atoms with Gasteiger partial charge in [-0.05, 0) is 35.6 Å². The highest BCUT2D eigenvalue weighted by molar-refractivity contribution is 6.28. The van der Waals surface area contributed by atoms with Crippen molar-refractivity contribution in [3.05, 3.63) is 83.4 Å². The van der Waals surface area contributed by atoms with E-state index in [0.717, 1.165) is 13.0 Å². The first-order valence-electron chi connectivity index (χ1n) is 14.1. The minimum absolute atomic E-state index is 0.0572. The summed E-state index contributed by atoms with van der Waals surface area (Å²) in [5.74, 6) is -0.393. The van der Waals surface area contributed by atoms with Crippen molar-refractivity contribution in [1.82, 2.24) is 19.5 Å². The standard InChI is InChI=1S/C31H32ClN5O5/c1-4-23-25(40-19(2)38)26(41-20(3)39)29(42-23)37-18-33-24-27(34-30(32)35-28(24)37)36-16-15-31(17-36,21-11-7-5-8-12-21)22-13-9-6-10-14-22/h5-14,18,23,25-26,29H,4,15-17H2,1-3H3/t23-,25+,26?,29-/m1/s1. The van der Waals surface area contributed by atoms with Crippen molar-refractivity contribution in [2.45, 2.75) is 63.6 Å². The molecule has 2 aliphatic heterocycles. The van der Waals surface area contributed by atoms with Crippen LogP contribution in [0.25, 0.3) is 11.2 Å². The van der Waals surface area contributed by atoms with Crippen LogP contribution in [-0.4, -0.2) is 62.9 Å². The lowest BCUT2D eigenvalue weighted by molar-refractivity contribution is -0.165. The first-order chi connectivity index (χ1) is 20.3. The van der Waals surface area contributed by atoms with Crippen LogP contribution in [0.4, 0.5) is 5.82 Å². The number of halogens is 1. The number of benzene rings is 2. The van der Waals surface area contributed by atoms with E-state index in [1.54, 1.807) is 10.9 Å². The number of ether oxygens (including phenoxy) is 3. The molecule has 2 aliphatic rings. The minimum atomic E-state index is -0.901. The smallest absolute Gasteiger partial charge is 0.303 e. The predicted octanol–water partition coefficient (Wildman–Crippen LogP) is 4.85. The topological polar surface area (TPSA) is 109 Å². The average molecular weight is 590 g/mol. The van der Waals surface area contributed by atoms with Crippen LogP contribution in [0.1, 0.15) is 51.0 Å². The zero-order valence-electron chi connectivity index (χ0n) is 23.6. The lowest BCUT2D eigenvalue weighted by Crippen LogP contribution is -2.38. The first-order valence-corrected chi connectivity index (χ1v) is 14.4. The Bertz CT molecular complexity index is 1560. The third-order valence-electron chi connectivity index (χ3n) is 8.16. The molecular formula is C31H32ClN5O5.